The lowest BCUT2D eigenvalue weighted by atomic mass is 10.0. The Kier molecular flexibility index (Phi) is 5.31. The van der Waals surface area contributed by atoms with E-state index in [-0.39, 0.29) is 16.5 Å². The first-order valence-electron chi connectivity index (χ1n) is 6.44. The van der Waals surface area contributed by atoms with Crippen molar-refractivity contribution in [2.75, 3.05) is 7.11 Å². The third kappa shape index (κ3) is 4.02. The van der Waals surface area contributed by atoms with E-state index in [4.69, 9.17) is 4.74 Å². The van der Waals surface area contributed by atoms with Crippen molar-refractivity contribution in [1.29, 1.82) is 0 Å². The Labute approximate surface area is 130 Å². The number of benzene rings is 2. The molecule has 0 spiro atoms. The molecule has 112 valence electrons. The molecule has 0 fully saturated rings. The number of hydrogen-bond acceptors (Lipinski definition) is 2. The van der Waals surface area contributed by atoms with Crippen molar-refractivity contribution in [2.24, 2.45) is 0 Å². The second-order valence-electron chi connectivity index (χ2n) is 4.73. The summed E-state index contributed by atoms with van der Waals surface area (Å²) in [5.74, 6) is -0.592. The Hall–Kier alpha value is -1.46. The summed E-state index contributed by atoms with van der Waals surface area (Å²) < 4.78 is 32.7. The number of rotatable bonds is 5. The highest BCUT2D eigenvalue weighted by Gasteiger charge is 2.16. The summed E-state index contributed by atoms with van der Waals surface area (Å²) >= 11 is 3.02. The number of ether oxygens (including phenoxy) is 1. The molecule has 0 saturated carbocycles. The number of aliphatic hydroxyl groups excluding tert-OH is 1. The third-order valence-corrected chi connectivity index (χ3v) is 3.82. The standard InChI is InChI=1S/C16H15BrF2O2/c1-21-12-4-2-10(3-5-12)8-11(20)9-13-15(18)7-6-14(17)16(13)19/h2-7,11,20H,8-9H2,1H3. The quantitative estimate of drug-likeness (QED) is 0.823. The summed E-state index contributed by atoms with van der Waals surface area (Å²) in [6.45, 7) is 0. The van der Waals surface area contributed by atoms with E-state index in [1.165, 1.54) is 12.1 Å². The average molecular weight is 357 g/mol. The van der Waals surface area contributed by atoms with Crippen LogP contribution in [0.1, 0.15) is 11.1 Å². The van der Waals surface area contributed by atoms with Crippen LogP contribution in [0.3, 0.4) is 0 Å². The molecule has 2 nitrogen and oxygen atoms in total. The van der Waals surface area contributed by atoms with Gasteiger partial charge in [0.15, 0.2) is 0 Å². The number of methoxy groups -OCH3 is 1. The molecular weight excluding hydrogens is 342 g/mol. The molecule has 0 bridgehead atoms. The normalized spacial score (nSPS) is 12.2. The van der Waals surface area contributed by atoms with Crippen molar-refractivity contribution in [3.63, 3.8) is 0 Å². The SMILES string of the molecule is COc1ccc(CC(O)Cc2c(F)ccc(Br)c2F)cc1. The molecular formula is C16H15BrF2O2. The molecule has 0 amide bonds. The monoisotopic (exact) mass is 356 g/mol. The second kappa shape index (κ2) is 7.00. The summed E-state index contributed by atoms with van der Waals surface area (Å²) in [6, 6.07) is 9.68. The third-order valence-electron chi connectivity index (χ3n) is 3.21. The van der Waals surface area contributed by atoms with Gasteiger partial charge in [0.05, 0.1) is 17.7 Å². The van der Waals surface area contributed by atoms with Gasteiger partial charge in [0.2, 0.25) is 0 Å². The lowest BCUT2D eigenvalue weighted by Crippen LogP contribution is -2.16. The Bertz CT molecular complexity index is 614. The van der Waals surface area contributed by atoms with Crippen LogP contribution >= 0.6 is 15.9 Å². The van der Waals surface area contributed by atoms with Crippen LogP contribution in [0.4, 0.5) is 8.78 Å². The lowest BCUT2D eigenvalue weighted by molar-refractivity contribution is 0.172. The predicted molar refractivity (Wildman–Crippen MR) is 80.5 cm³/mol. The summed E-state index contributed by atoms with van der Waals surface area (Å²) in [6.07, 6.45) is -0.630. The van der Waals surface area contributed by atoms with Crippen molar-refractivity contribution in [3.8, 4) is 5.75 Å². The topological polar surface area (TPSA) is 29.5 Å². The van der Waals surface area contributed by atoms with Crippen molar-refractivity contribution in [1.82, 2.24) is 0 Å². The van der Waals surface area contributed by atoms with Gasteiger partial charge >= 0.3 is 0 Å². The van der Waals surface area contributed by atoms with Gasteiger partial charge in [-0.2, -0.15) is 0 Å². The minimum Gasteiger partial charge on any atom is -0.497 e. The summed E-state index contributed by atoms with van der Waals surface area (Å²) in [5, 5.41) is 10.0. The molecule has 0 aliphatic rings. The zero-order chi connectivity index (χ0) is 15.4. The predicted octanol–water partition coefficient (Wildman–Crippen LogP) is 3.88. The first-order valence-corrected chi connectivity index (χ1v) is 7.24. The molecule has 2 aromatic carbocycles. The van der Waals surface area contributed by atoms with Gasteiger partial charge in [-0.25, -0.2) is 8.78 Å². The van der Waals surface area contributed by atoms with Gasteiger partial charge in [0.1, 0.15) is 17.4 Å². The molecule has 0 heterocycles. The molecule has 0 aliphatic heterocycles. The summed E-state index contributed by atoms with van der Waals surface area (Å²) in [7, 11) is 1.57. The molecule has 0 aliphatic carbocycles. The molecule has 2 rings (SSSR count). The van der Waals surface area contributed by atoms with E-state index in [0.29, 0.717) is 6.42 Å². The zero-order valence-electron chi connectivity index (χ0n) is 11.4. The van der Waals surface area contributed by atoms with Crippen molar-refractivity contribution < 1.29 is 18.6 Å². The van der Waals surface area contributed by atoms with E-state index in [1.807, 2.05) is 12.1 Å². The number of halogens is 3. The van der Waals surface area contributed by atoms with Gasteiger partial charge in [-0.3, -0.25) is 0 Å². The molecule has 0 aromatic heterocycles. The van der Waals surface area contributed by atoms with Crippen molar-refractivity contribution in [2.45, 2.75) is 18.9 Å². The van der Waals surface area contributed by atoms with Crippen LogP contribution in [0.15, 0.2) is 40.9 Å². The molecule has 0 radical (unpaired) electrons. The van der Waals surface area contributed by atoms with E-state index in [2.05, 4.69) is 15.9 Å². The molecule has 1 atom stereocenters. The van der Waals surface area contributed by atoms with Crippen LogP contribution in [0.5, 0.6) is 5.75 Å². The van der Waals surface area contributed by atoms with Crippen LogP contribution in [0.2, 0.25) is 0 Å². The molecule has 1 unspecified atom stereocenters. The van der Waals surface area contributed by atoms with Crippen molar-refractivity contribution >= 4 is 15.9 Å². The highest BCUT2D eigenvalue weighted by Crippen LogP contribution is 2.23. The minimum atomic E-state index is -0.864. The van der Waals surface area contributed by atoms with Crippen molar-refractivity contribution in [3.05, 3.63) is 63.6 Å². The zero-order valence-corrected chi connectivity index (χ0v) is 13.0. The first-order chi connectivity index (χ1) is 10.0. The Morgan fingerprint density at radius 1 is 1.10 bits per heavy atom. The highest BCUT2D eigenvalue weighted by molar-refractivity contribution is 9.10. The highest BCUT2D eigenvalue weighted by atomic mass is 79.9. The van der Waals surface area contributed by atoms with E-state index in [9.17, 15) is 13.9 Å². The molecule has 0 saturated heterocycles. The summed E-state index contributed by atoms with van der Waals surface area (Å²) in [5.41, 5.74) is 0.768. The van der Waals surface area contributed by atoms with Crippen LogP contribution in [-0.4, -0.2) is 18.3 Å². The average Bonchev–Trinajstić information content (AvgIpc) is 2.48. The van der Waals surface area contributed by atoms with E-state index < -0.39 is 17.7 Å². The maximum absolute atomic E-state index is 13.8. The van der Waals surface area contributed by atoms with Gasteiger partial charge in [0, 0.05) is 12.0 Å². The van der Waals surface area contributed by atoms with Crippen LogP contribution in [-0.2, 0) is 12.8 Å². The Balaban J connectivity index is 2.07. The minimum absolute atomic E-state index is 0.0802. The smallest absolute Gasteiger partial charge is 0.143 e. The second-order valence-corrected chi connectivity index (χ2v) is 5.59. The molecule has 1 N–H and O–H groups in total. The summed E-state index contributed by atoms with van der Waals surface area (Å²) in [4.78, 5) is 0. The number of aliphatic hydroxyl groups is 1. The van der Waals surface area contributed by atoms with E-state index in [1.54, 1.807) is 19.2 Å². The molecule has 21 heavy (non-hydrogen) atoms. The van der Waals surface area contributed by atoms with Gasteiger partial charge in [0.25, 0.3) is 0 Å². The van der Waals surface area contributed by atoms with Crippen LogP contribution < -0.4 is 4.74 Å². The van der Waals surface area contributed by atoms with Gasteiger partial charge in [-0.1, -0.05) is 12.1 Å². The fourth-order valence-corrected chi connectivity index (χ4v) is 2.47. The Morgan fingerprint density at radius 2 is 1.76 bits per heavy atom. The fraction of sp³-hybridized carbons (Fsp3) is 0.250. The lowest BCUT2D eigenvalue weighted by Gasteiger charge is -2.13. The first kappa shape index (κ1) is 15.9. The van der Waals surface area contributed by atoms with E-state index in [0.717, 1.165) is 11.3 Å². The van der Waals surface area contributed by atoms with Crippen LogP contribution in [0, 0.1) is 11.6 Å². The Morgan fingerprint density at radius 3 is 2.38 bits per heavy atom. The largest absolute Gasteiger partial charge is 0.497 e. The van der Waals surface area contributed by atoms with E-state index >= 15 is 0 Å². The number of hydrogen-bond donors (Lipinski definition) is 1. The van der Waals surface area contributed by atoms with Gasteiger partial charge in [-0.05, 0) is 52.2 Å². The fourth-order valence-electron chi connectivity index (χ4n) is 2.10. The maximum Gasteiger partial charge on any atom is 0.143 e. The van der Waals surface area contributed by atoms with Gasteiger partial charge in [-0.15, -0.1) is 0 Å². The maximum atomic E-state index is 13.8. The van der Waals surface area contributed by atoms with Crippen LogP contribution in [0.25, 0.3) is 0 Å². The molecule has 2 aromatic rings. The van der Waals surface area contributed by atoms with Gasteiger partial charge < -0.3 is 9.84 Å². The molecule has 5 heteroatoms.